The summed E-state index contributed by atoms with van der Waals surface area (Å²) in [6.07, 6.45) is 2.67. The van der Waals surface area contributed by atoms with Gasteiger partial charge < -0.3 is 9.47 Å². The lowest BCUT2D eigenvalue weighted by Crippen LogP contribution is -2.27. The minimum atomic E-state index is -0.297. The largest absolute Gasteiger partial charge is 0.493 e. The number of nitrogens with zero attached hydrogens (tertiary/aromatic N) is 1. The van der Waals surface area contributed by atoms with E-state index >= 15 is 0 Å². The van der Waals surface area contributed by atoms with Crippen molar-refractivity contribution < 1.29 is 19.1 Å². The third kappa shape index (κ3) is 5.03. The van der Waals surface area contributed by atoms with Gasteiger partial charge in [0.2, 0.25) is 0 Å². The molecule has 0 N–H and O–H groups in total. The van der Waals surface area contributed by atoms with E-state index in [4.69, 9.17) is 9.47 Å². The van der Waals surface area contributed by atoms with Crippen LogP contribution in [0.15, 0.2) is 51.8 Å². The minimum Gasteiger partial charge on any atom is -0.493 e. The van der Waals surface area contributed by atoms with E-state index in [1.54, 1.807) is 19.3 Å². The molecule has 0 radical (unpaired) electrons. The van der Waals surface area contributed by atoms with Crippen LogP contribution in [0.3, 0.4) is 0 Å². The van der Waals surface area contributed by atoms with Gasteiger partial charge in [-0.2, -0.15) is 0 Å². The molecule has 0 spiro atoms. The standard InChI is InChI=1S/C22H22BrNO4S/c1-4-14(2)28-18-10-9-15(11-19(18)27-3)12-20-21(25)24(22(26)29-20)13-16-7-5-6-8-17(16)23/h5-12,14H,4,13H2,1-3H3/b20-12-/t14-/m0/s1. The maximum absolute atomic E-state index is 12.8. The predicted molar refractivity (Wildman–Crippen MR) is 119 cm³/mol. The first-order chi connectivity index (χ1) is 13.9. The lowest BCUT2D eigenvalue weighted by Gasteiger charge is -2.16. The molecular formula is C22H22BrNO4S. The fraction of sp³-hybridized carbons (Fsp3) is 0.273. The third-order valence-electron chi connectivity index (χ3n) is 4.55. The fourth-order valence-corrected chi connectivity index (χ4v) is 4.00. The predicted octanol–water partition coefficient (Wildman–Crippen LogP) is 5.87. The Balaban J connectivity index is 1.81. The van der Waals surface area contributed by atoms with Crippen LogP contribution in [0.4, 0.5) is 4.79 Å². The molecule has 2 aromatic carbocycles. The second-order valence-corrected chi connectivity index (χ2v) is 8.45. The topological polar surface area (TPSA) is 55.8 Å². The molecular weight excluding hydrogens is 454 g/mol. The van der Waals surface area contributed by atoms with Crippen molar-refractivity contribution in [2.24, 2.45) is 0 Å². The van der Waals surface area contributed by atoms with Crippen LogP contribution in [-0.4, -0.2) is 29.3 Å². The van der Waals surface area contributed by atoms with Crippen LogP contribution >= 0.6 is 27.7 Å². The lowest BCUT2D eigenvalue weighted by atomic mass is 10.1. The van der Waals surface area contributed by atoms with E-state index in [9.17, 15) is 9.59 Å². The van der Waals surface area contributed by atoms with E-state index in [-0.39, 0.29) is 23.8 Å². The number of carbonyl (C=O) groups excluding carboxylic acids is 2. The minimum absolute atomic E-state index is 0.0727. The molecule has 0 aromatic heterocycles. The first-order valence-corrected chi connectivity index (χ1v) is 10.9. The summed E-state index contributed by atoms with van der Waals surface area (Å²) < 4.78 is 12.2. The summed E-state index contributed by atoms with van der Waals surface area (Å²) in [4.78, 5) is 26.8. The van der Waals surface area contributed by atoms with Crippen LogP contribution in [-0.2, 0) is 11.3 Å². The molecule has 0 saturated carbocycles. The monoisotopic (exact) mass is 475 g/mol. The molecule has 1 fully saturated rings. The second kappa shape index (κ2) is 9.50. The molecule has 152 valence electrons. The second-order valence-electron chi connectivity index (χ2n) is 6.61. The maximum atomic E-state index is 12.8. The highest BCUT2D eigenvalue weighted by atomic mass is 79.9. The summed E-state index contributed by atoms with van der Waals surface area (Å²) in [5.41, 5.74) is 1.65. The van der Waals surface area contributed by atoms with Gasteiger partial charge in [0.05, 0.1) is 24.7 Å². The van der Waals surface area contributed by atoms with Gasteiger partial charge in [-0.15, -0.1) is 0 Å². The van der Waals surface area contributed by atoms with E-state index in [2.05, 4.69) is 22.9 Å². The summed E-state index contributed by atoms with van der Waals surface area (Å²) in [6.45, 7) is 4.28. The van der Waals surface area contributed by atoms with Crippen LogP contribution in [0.5, 0.6) is 11.5 Å². The normalized spacial score (nSPS) is 16.4. The Morgan fingerprint density at radius 3 is 2.62 bits per heavy atom. The zero-order valence-electron chi connectivity index (χ0n) is 16.5. The van der Waals surface area contributed by atoms with Crippen molar-refractivity contribution >= 4 is 44.9 Å². The van der Waals surface area contributed by atoms with Gasteiger partial charge >= 0.3 is 0 Å². The first kappa shape index (κ1) is 21.5. The average Bonchev–Trinajstić information content (AvgIpc) is 2.97. The average molecular weight is 476 g/mol. The van der Waals surface area contributed by atoms with Gasteiger partial charge in [-0.05, 0) is 60.5 Å². The Morgan fingerprint density at radius 1 is 1.17 bits per heavy atom. The molecule has 1 heterocycles. The van der Waals surface area contributed by atoms with Crippen molar-refractivity contribution in [2.45, 2.75) is 32.9 Å². The molecule has 0 bridgehead atoms. The highest BCUT2D eigenvalue weighted by Crippen LogP contribution is 2.36. The number of hydrogen-bond donors (Lipinski definition) is 0. The Labute approximate surface area is 183 Å². The van der Waals surface area contributed by atoms with E-state index in [1.807, 2.05) is 43.3 Å². The van der Waals surface area contributed by atoms with Crippen molar-refractivity contribution in [1.82, 2.24) is 4.90 Å². The van der Waals surface area contributed by atoms with Gasteiger partial charge in [-0.1, -0.05) is 47.1 Å². The van der Waals surface area contributed by atoms with Crippen molar-refractivity contribution in [3.63, 3.8) is 0 Å². The third-order valence-corrected chi connectivity index (χ3v) is 6.23. The quantitative estimate of drug-likeness (QED) is 0.468. The Hall–Kier alpha value is -2.25. The van der Waals surface area contributed by atoms with Crippen molar-refractivity contribution in [3.8, 4) is 11.5 Å². The van der Waals surface area contributed by atoms with E-state index in [0.717, 1.165) is 33.8 Å². The number of carbonyl (C=O) groups is 2. The summed E-state index contributed by atoms with van der Waals surface area (Å²) in [6, 6.07) is 13.0. The van der Waals surface area contributed by atoms with Gasteiger partial charge in [-0.25, -0.2) is 0 Å². The molecule has 1 saturated heterocycles. The van der Waals surface area contributed by atoms with Crippen LogP contribution in [0.1, 0.15) is 31.4 Å². The van der Waals surface area contributed by atoms with Gasteiger partial charge in [0, 0.05) is 4.47 Å². The molecule has 0 unspecified atom stereocenters. The van der Waals surface area contributed by atoms with Crippen LogP contribution in [0, 0.1) is 0 Å². The molecule has 1 aliphatic heterocycles. The molecule has 2 aromatic rings. The van der Waals surface area contributed by atoms with Gasteiger partial charge in [-0.3, -0.25) is 14.5 Å². The highest BCUT2D eigenvalue weighted by Gasteiger charge is 2.35. The van der Waals surface area contributed by atoms with E-state index < -0.39 is 0 Å². The van der Waals surface area contributed by atoms with Gasteiger partial charge in [0.15, 0.2) is 11.5 Å². The van der Waals surface area contributed by atoms with Gasteiger partial charge in [0.25, 0.3) is 11.1 Å². The number of hydrogen-bond acceptors (Lipinski definition) is 5. The van der Waals surface area contributed by atoms with Crippen LogP contribution in [0.25, 0.3) is 6.08 Å². The molecule has 1 atom stereocenters. The zero-order valence-corrected chi connectivity index (χ0v) is 18.9. The molecule has 29 heavy (non-hydrogen) atoms. The first-order valence-electron chi connectivity index (χ1n) is 9.26. The lowest BCUT2D eigenvalue weighted by molar-refractivity contribution is -0.123. The molecule has 0 aliphatic carbocycles. The van der Waals surface area contributed by atoms with E-state index in [0.29, 0.717) is 16.4 Å². The summed E-state index contributed by atoms with van der Waals surface area (Å²) >= 11 is 4.41. The molecule has 5 nitrogen and oxygen atoms in total. The molecule has 7 heteroatoms. The number of benzene rings is 2. The van der Waals surface area contributed by atoms with Crippen LogP contribution in [0.2, 0.25) is 0 Å². The number of ether oxygens (including phenoxy) is 2. The van der Waals surface area contributed by atoms with Crippen molar-refractivity contribution in [3.05, 3.63) is 63.0 Å². The number of methoxy groups -OCH3 is 1. The van der Waals surface area contributed by atoms with Crippen molar-refractivity contribution in [1.29, 1.82) is 0 Å². The maximum Gasteiger partial charge on any atom is 0.293 e. The number of imide groups is 1. The highest BCUT2D eigenvalue weighted by molar-refractivity contribution is 9.10. The Morgan fingerprint density at radius 2 is 1.93 bits per heavy atom. The SMILES string of the molecule is CC[C@H](C)Oc1ccc(/C=C2\SC(=O)N(Cc3ccccc3Br)C2=O)cc1OC. The Kier molecular flexibility index (Phi) is 7.03. The van der Waals surface area contributed by atoms with E-state index in [1.165, 1.54) is 4.90 Å². The molecule has 1 aliphatic rings. The smallest absolute Gasteiger partial charge is 0.293 e. The number of thioether (sulfide) groups is 1. The summed E-state index contributed by atoms with van der Waals surface area (Å²) in [5, 5.41) is -0.277. The number of halogens is 1. The number of amides is 2. The summed E-state index contributed by atoms with van der Waals surface area (Å²) in [5.74, 6) is 0.946. The number of rotatable bonds is 7. The fourth-order valence-electron chi connectivity index (χ4n) is 2.76. The van der Waals surface area contributed by atoms with Crippen molar-refractivity contribution in [2.75, 3.05) is 7.11 Å². The Bertz CT molecular complexity index is 960. The van der Waals surface area contributed by atoms with Crippen LogP contribution < -0.4 is 9.47 Å². The molecule has 2 amide bonds. The molecule has 3 rings (SSSR count). The van der Waals surface area contributed by atoms with Gasteiger partial charge in [0.1, 0.15) is 0 Å². The summed E-state index contributed by atoms with van der Waals surface area (Å²) in [7, 11) is 1.58. The zero-order chi connectivity index (χ0) is 21.0.